The third-order valence-electron chi connectivity index (χ3n) is 6.93. The van der Waals surface area contributed by atoms with Crippen LogP contribution in [0.3, 0.4) is 0 Å². The van der Waals surface area contributed by atoms with Crippen molar-refractivity contribution in [2.75, 3.05) is 19.6 Å². The first-order chi connectivity index (χ1) is 16.3. The molecule has 0 saturated carbocycles. The van der Waals surface area contributed by atoms with Gasteiger partial charge in [0.2, 0.25) is 0 Å². The second-order valence-corrected chi connectivity index (χ2v) is 9.14. The van der Waals surface area contributed by atoms with E-state index in [0.29, 0.717) is 11.8 Å². The summed E-state index contributed by atoms with van der Waals surface area (Å²) in [6.07, 6.45) is 6.32. The first-order valence-corrected chi connectivity index (χ1v) is 12.2. The Morgan fingerprint density at radius 2 is 1.36 bits per heavy atom. The van der Waals surface area contributed by atoms with Crippen LogP contribution in [-0.4, -0.2) is 29.5 Å². The molecule has 5 rings (SSSR count). The summed E-state index contributed by atoms with van der Waals surface area (Å²) in [5, 5.41) is 0. The summed E-state index contributed by atoms with van der Waals surface area (Å²) in [6.45, 7) is 3.46. The summed E-state index contributed by atoms with van der Waals surface area (Å²) in [6, 6.07) is 32.2. The number of aromatic nitrogens is 1. The predicted octanol–water partition coefficient (Wildman–Crippen LogP) is 6.82. The average Bonchev–Trinajstić information content (AvgIpc) is 3.36. The highest BCUT2D eigenvalue weighted by Gasteiger charge is 2.23. The number of hydrogen-bond donors (Lipinski definition) is 0. The van der Waals surface area contributed by atoms with E-state index in [4.69, 9.17) is 9.40 Å². The van der Waals surface area contributed by atoms with Crippen LogP contribution in [0.2, 0.25) is 0 Å². The molecule has 1 saturated heterocycles. The molecule has 1 aromatic heterocycles. The second kappa shape index (κ2) is 10.6. The van der Waals surface area contributed by atoms with Gasteiger partial charge in [0, 0.05) is 17.9 Å². The number of nitrogens with zero attached hydrogens (tertiary/aromatic N) is 2. The summed E-state index contributed by atoms with van der Waals surface area (Å²) >= 11 is 0. The van der Waals surface area contributed by atoms with Crippen LogP contribution in [0, 0.1) is 5.92 Å². The van der Waals surface area contributed by atoms with Gasteiger partial charge in [0.05, 0.1) is 0 Å². The van der Waals surface area contributed by atoms with E-state index in [0.717, 1.165) is 49.6 Å². The Labute approximate surface area is 197 Å². The van der Waals surface area contributed by atoms with Crippen LogP contribution in [-0.2, 0) is 6.42 Å². The highest BCUT2D eigenvalue weighted by molar-refractivity contribution is 5.57. The molecule has 2 heterocycles. The lowest BCUT2D eigenvalue weighted by atomic mass is 9.87. The molecule has 0 N–H and O–H groups in total. The zero-order valence-corrected chi connectivity index (χ0v) is 19.1. The average molecular weight is 437 g/mol. The fourth-order valence-electron chi connectivity index (χ4n) is 5.02. The molecular formula is C30H32N2O. The second-order valence-electron chi connectivity index (χ2n) is 9.14. The SMILES string of the molecule is c1ccc(-c2coc(CC3CCN(CCC(c4ccccc4)c4ccccc4)CC3)n2)cc1. The van der Waals surface area contributed by atoms with E-state index in [-0.39, 0.29) is 0 Å². The van der Waals surface area contributed by atoms with Crippen LogP contribution in [0.25, 0.3) is 11.3 Å². The van der Waals surface area contributed by atoms with Crippen LogP contribution < -0.4 is 0 Å². The molecule has 0 spiro atoms. The number of rotatable bonds is 8. The molecule has 33 heavy (non-hydrogen) atoms. The molecule has 3 nitrogen and oxygen atoms in total. The molecule has 1 aliphatic heterocycles. The molecular weight excluding hydrogens is 404 g/mol. The van der Waals surface area contributed by atoms with Crippen molar-refractivity contribution in [3.63, 3.8) is 0 Å². The number of oxazole rings is 1. The topological polar surface area (TPSA) is 29.3 Å². The van der Waals surface area contributed by atoms with E-state index < -0.39 is 0 Å². The van der Waals surface area contributed by atoms with Crippen molar-refractivity contribution in [3.05, 3.63) is 114 Å². The van der Waals surface area contributed by atoms with Crippen molar-refractivity contribution in [1.82, 2.24) is 9.88 Å². The van der Waals surface area contributed by atoms with Gasteiger partial charge in [-0.1, -0.05) is 91.0 Å². The molecule has 0 amide bonds. The van der Waals surface area contributed by atoms with Crippen LogP contribution in [0.5, 0.6) is 0 Å². The van der Waals surface area contributed by atoms with Gasteiger partial charge in [-0.3, -0.25) is 0 Å². The van der Waals surface area contributed by atoms with Gasteiger partial charge in [-0.2, -0.15) is 0 Å². The molecule has 1 aliphatic rings. The van der Waals surface area contributed by atoms with Crippen molar-refractivity contribution < 1.29 is 4.42 Å². The number of benzene rings is 3. The number of piperidine rings is 1. The maximum Gasteiger partial charge on any atom is 0.194 e. The predicted molar refractivity (Wildman–Crippen MR) is 134 cm³/mol. The van der Waals surface area contributed by atoms with E-state index in [9.17, 15) is 0 Å². The molecule has 0 atom stereocenters. The highest BCUT2D eigenvalue weighted by atomic mass is 16.3. The lowest BCUT2D eigenvalue weighted by molar-refractivity contribution is 0.176. The number of hydrogen-bond acceptors (Lipinski definition) is 3. The van der Waals surface area contributed by atoms with Crippen molar-refractivity contribution in [3.8, 4) is 11.3 Å². The molecule has 0 radical (unpaired) electrons. The Morgan fingerprint density at radius 1 is 0.788 bits per heavy atom. The molecule has 0 aliphatic carbocycles. The summed E-state index contributed by atoms with van der Waals surface area (Å²) in [4.78, 5) is 7.38. The van der Waals surface area contributed by atoms with Gasteiger partial charge in [-0.05, 0) is 55.9 Å². The molecule has 168 valence electrons. The van der Waals surface area contributed by atoms with Crippen molar-refractivity contribution in [2.24, 2.45) is 5.92 Å². The van der Waals surface area contributed by atoms with Gasteiger partial charge in [0.15, 0.2) is 5.89 Å². The summed E-state index contributed by atoms with van der Waals surface area (Å²) in [7, 11) is 0. The van der Waals surface area contributed by atoms with Crippen LogP contribution >= 0.6 is 0 Å². The zero-order chi connectivity index (χ0) is 22.3. The molecule has 0 bridgehead atoms. The summed E-state index contributed by atoms with van der Waals surface area (Å²) in [5.41, 5.74) is 4.89. The standard InChI is InChI=1S/C30H32N2O/c1-4-10-25(11-5-1)28(26-12-6-2-7-13-26)18-21-32-19-16-24(17-20-32)22-30-31-29(23-33-30)27-14-8-3-9-15-27/h1-15,23-24,28H,16-22H2. The lowest BCUT2D eigenvalue weighted by Gasteiger charge is -2.32. The largest absolute Gasteiger partial charge is 0.448 e. The van der Waals surface area contributed by atoms with Gasteiger partial charge in [-0.25, -0.2) is 4.98 Å². The molecule has 1 fully saturated rings. The Kier molecular flexibility index (Phi) is 6.98. The fourth-order valence-corrected chi connectivity index (χ4v) is 5.02. The Bertz CT molecular complexity index is 1060. The monoisotopic (exact) mass is 436 g/mol. The van der Waals surface area contributed by atoms with E-state index in [2.05, 4.69) is 77.7 Å². The van der Waals surface area contributed by atoms with Crippen molar-refractivity contribution >= 4 is 0 Å². The van der Waals surface area contributed by atoms with Crippen LogP contribution in [0.1, 0.15) is 42.2 Å². The van der Waals surface area contributed by atoms with Crippen molar-refractivity contribution in [2.45, 2.75) is 31.6 Å². The highest BCUT2D eigenvalue weighted by Crippen LogP contribution is 2.29. The molecule has 3 heteroatoms. The third kappa shape index (κ3) is 5.61. The van der Waals surface area contributed by atoms with Crippen molar-refractivity contribution in [1.29, 1.82) is 0 Å². The summed E-state index contributed by atoms with van der Waals surface area (Å²) in [5.74, 6) is 1.98. The third-order valence-corrected chi connectivity index (χ3v) is 6.93. The van der Waals surface area contributed by atoms with Crippen LogP contribution in [0.4, 0.5) is 0 Å². The quantitative estimate of drug-likeness (QED) is 0.303. The normalized spacial score (nSPS) is 15.2. The van der Waals surface area contributed by atoms with E-state index in [1.807, 2.05) is 18.2 Å². The first kappa shape index (κ1) is 21.7. The smallest absolute Gasteiger partial charge is 0.194 e. The van der Waals surface area contributed by atoms with E-state index in [1.165, 1.54) is 24.0 Å². The van der Waals surface area contributed by atoms with Gasteiger partial charge < -0.3 is 9.32 Å². The lowest BCUT2D eigenvalue weighted by Crippen LogP contribution is -2.35. The Hall–Kier alpha value is -3.17. The number of likely N-dealkylation sites (tertiary alicyclic amines) is 1. The summed E-state index contributed by atoms with van der Waals surface area (Å²) < 4.78 is 5.80. The van der Waals surface area contributed by atoms with E-state index in [1.54, 1.807) is 6.26 Å². The molecule has 3 aromatic carbocycles. The maximum absolute atomic E-state index is 5.80. The minimum absolute atomic E-state index is 0.453. The van der Waals surface area contributed by atoms with Gasteiger partial charge in [0.1, 0.15) is 12.0 Å². The van der Waals surface area contributed by atoms with E-state index >= 15 is 0 Å². The van der Waals surface area contributed by atoms with Gasteiger partial charge >= 0.3 is 0 Å². The van der Waals surface area contributed by atoms with Gasteiger partial charge in [0.25, 0.3) is 0 Å². The minimum atomic E-state index is 0.453. The zero-order valence-electron chi connectivity index (χ0n) is 19.1. The maximum atomic E-state index is 5.80. The van der Waals surface area contributed by atoms with Crippen LogP contribution in [0.15, 0.2) is 102 Å². The van der Waals surface area contributed by atoms with Gasteiger partial charge in [-0.15, -0.1) is 0 Å². The Balaban J connectivity index is 1.14. The molecule has 4 aromatic rings. The fraction of sp³-hybridized carbons (Fsp3) is 0.300. The minimum Gasteiger partial charge on any atom is -0.448 e. The Morgan fingerprint density at radius 3 is 1.97 bits per heavy atom. The first-order valence-electron chi connectivity index (χ1n) is 12.2. The molecule has 0 unspecified atom stereocenters.